The van der Waals surface area contributed by atoms with Gasteiger partial charge in [0.2, 0.25) is 5.95 Å². The number of nitrogens with zero attached hydrogens (tertiary/aromatic N) is 4. The molecule has 0 radical (unpaired) electrons. The molecule has 0 aliphatic rings. The third-order valence-corrected chi connectivity index (χ3v) is 4.50. The lowest BCUT2D eigenvalue weighted by molar-refractivity contribution is 0.833. The molecule has 0 aliphatic heterocycles. The van der Waals surface area contributed by atoms with E-state index in [0.29, 0.717) is 5.95 Å². The van der Waals surface area contributed by atoms with Gasteiger partial charge >= 0.3 is 0 Å². The first-order valence-corrected chi connectivity index (χ1v) is 8.88. The predicted octanol–water partition coefficient (Wildman–Crippen LogP) is 4.37. The summed E-state index contributed by atoms with van der Waals surface area (Å²) in [5, 5.41) is 3.35. The number of nitrogens with one attached hydrogen (secondary N) is 1. The van der Waals surface area contributed by atoms with Gasteiger partial charge in [0.25, 0.3) is 0 Å². The van der Waals surface area contributed by atoms with Crippen LogP contribution in [-0.2, 0) is 6.42 Å². The van der Waals surface area contributed by atoms with Gasteiger partial charge in [0.1, 0.15) is 5.82 Å². The number of benzene rings is 1. The van der Waals surface area contributed by atoms with Gasteiger partial charge in [0.05, 0.1) is 5.69 Å². The number of rotatable bonds is 6. The molecule has 0 aliphatic carbocycles. The summed E-state index contributed by atoms with van der Waals surface area (Å²) in [7, 11) is 2.01. The van der Waals surface area contributed by atoms with Gasteiger partial charge in [-0.15, -0.1) is 0 Å². The Morgan fingerprint density at radius 3 is 2.60 bits per heavy atom. The molecule has 6 heteroatoms. The molecule has 0 saturated heterocycles. The van der Waals surface area contributed by atoms with Gasteiger partial charge < -0.3 is 10.2 Å². The standard InChI is InChI=1S/C19H20BrN5/c1-14-13-18(23-17-6-4-3-5-16(17)20)24-19(22-14)25(2)12-9-15-7-10-21-11-8-15/h3-8,10-11,13H,9,12H2,1-2H3,(H,22,23,24). The summed E-state index contributed by atoms with van der Waals surface area (Å²) in [6.45, 7) is 2.81. The van der Waals surface area contributed by atoms with Crippen LogP contribution in [0.1, 0.15) is 11.3 Å². The Labute approximate surface area is 156 Å². The number of pyridine rings is 1. The molecular weight excluding hydrogens is 378 g/mol. The van der Waals surface area contributed by atoms with E-state index in [1.807, 2.05) is 68.8 Å². The fourth-order valence-corrected chi connectivity index (χ4v) is 2.82. The molecule has 0 unspecified atom stereocenters. The molecule has 25 heavy (non-hydrogen) atoms. The first-order chi connectivity index (χ1) is 12.1. The quantitative estimate of drug-likeness (QED) is 0.669. The van der Waals surface area contributed by atoms with E-state index in [2.05, 4.69) is 41.1 Å². The zero-order valence-corrected chi connectivity index (χ0v) is 15.9. The fraction of sp³-hybridized carbons (Fsp3) is 0.211. The zero-order chi connectivity index (χ0) is 17.6. The summed E-state index contributed by atoms with van der Waals surface area (Å²) in [6.07, 6.45) is 4.56. The lowest BCUT2D eigenvalue weighted by atomic mass is 10.2. The van der Waals surface area contributed by atoms with Crippen LogP contribution in [0.5, 0.6) is 0 Å². The Bertz CT molecular complexity index is 838. The van der Waals surface area contributed by atoms with E-state index in [1.54, 1.807) is 0 Å². The summed E-state index contributed by atoms with van der Waals surface area (Å²) in [4.78, 5) is 15.3. The predicted molar refractivity (Wildman–Crippen MR) is 105 cm³/mol. The van der Waals surface area contributed by atoms with Gasteiger partial charge in [-0.05, 0) is 59.1 Å². The van der Waals surface area contributed by atoms with E-state index >= 15 is 0 Å². The van der Waals surface area contributed by atoms with Gasteiger partial charge in [-0.3, -0.25) is 4.98 Å². The molecule has 0 fully saturated rings. The van der Waals surface area contributed by atoms with Crippen molar-refractivity contribution in [3.05, 3.63) is 70.6 Å². The number of aryl methyl sites for hydroxylation is 1. The normalized spacial score (nSPS) is 10.5. The van der Waals surface area contributed by atoms with Crippen molar-refractivity contribution in [2.24, 2.45) is 0 Å². The first-order valence-electron chi connectivity index (χ1n) is 8.09. The van der Waals surface area contributed by atoms with E-state index in [9.17, 15) is 0 Å². The van der Waals surface area contributed by atoms with Gasteiger partial charge in [-0.2, -0.15) is 4.98 Å². The van der Waals surface area contributed by atoms with Crippen molar-refractivity contribution in [1.82, 2.24) is 15.0 Å². The maximum absolute atomic E-state index is 4.65. The summed E-state index contributed by atoms with van der Waals surface area (Å²) in [5.74, 6) is 1.49. The molecular formula is C19H20BrN5. The summed E-state index contributed by atoms with van der Waals surface area (Å²) in [6, 6.07) is 14.0. The highest BCUT2D eigenvalue weighted by molar-refractivity contribution is 9.10. The molecule has 0 saturated carbocycles. The van der Waals surface area contributed by atoms with Crippen LogP contribution >= 0.6 is 15.9 Å². The maximum Gasteiger partial charge on any atom is 0.227 e. The molecule has 5 nitrogen and oxygen atoms in total. The van der Waals surface area contributed by atoms with Crippen LogP contribution in [-0.4, -0.2) is 28.5 Å². The molecule has 0 atom stereocenters. The maximum atomic E-state index is 4.65. The first kappa shape index (κ1) is 17.4. The van der Waals surface area contributed by atoms with Crippen molar-refractivity contribution in [1.29, 1.82) is 0 Å². The molecule has 1 aromatic carbocycles. The van der Waals surface area contributed by atoms with E-state index in [1.165, 1.54) is 5.56 Å². The average molecular weight is 398 g/mol. The van der Waals surface area contributed by atoms with Crippen LogP contribution in [0.2, 0.25) is 0 Å². The largest absolute Gasteiger partial charge is 0.343 e. The van der Waals surface area contributed by atoms with Crippen molar-refractivity contribution < 1.29 is 0 Å². The highest BCUT2D eigenvalue weighted by Gasteiger charge is 2.09. The number of halogens is 1. The topological polar surface area (TPSA) is 53.9 Å². The van der Waals surface area contributed by atoms with Gasteiger partial charge in [0, 0.05) is 42.2 Å². The minimum Gasteiger partial charge on any atom is -0.343 e. The third kappa shape index (κ3) is 4.76. The number of hydrogen-bond acceptors (Lipinski definition) is 5. The number of likely N-dealkylation sites (N-methyl/N-ethyl adjacent to an activating group) is 1. The molecule has 3 rings (SSSR count). The molecule has 0 bridgehead atoms. The molecule has 128 valence electrons. The summed E-state index contributed by atoms with van der Waals surface area (Å²) in [5.41, 5.74) is 3.15. The SMILES string of the molecule is Cc1cc(Nc2ccccc2Br)nc(N(C)CCc2ccncc2)n1. The van der Waals surface area contributed by atoms with E-state index in [-0.39, 0.29) is 0 Å². The van der Waals surface area contributed by atoms with Crippen LogP contribution < -0.4 is 10.2 Å². The van der Waals surface area contributed by atoms with Crippen molar-refractivity contribution in [2.75, 3.05) is 23.8 Å². The molecule has 0 amide bonds. The summed E-state index contributed by atoms with van der Waals surface area (Å²) < 4.78 is 0.999. The molecule has 0 spiro atoms. The van der Waals surface area contributed by atoms with Gasteiger partial charge in [-0.25, -0.2) is 4.98 Å². The van der Waals surface area contributed by atoms with Crippen molar-refractivity contribution in [3.63, 3.8) is 0 Å². The molecule has 1 N–H and O–H groups in total. The molecule has 3 aromatic rings. The number of anilines is 3. The smallest absolute Gasteiger partial charge is 0.227 e. The van der Waals surface area contributed by atoms with Crippen molar-refractivity contribution in [2.45, 2.75) is 13.3 Å². The third-order valence-electron chi connectivity index (χ3n) is 3.81. The fourth-order valence-electron chi connectivity index (χ4n) is 2.43. The van der Waals surface area contributed by atoms with E-state index < -0.39 is 0 Å². The Morgan fingerprint density at radius 2 is 1.84 bits per heavy atom. The number of hydrogen-bond donors (Lipinski definition) is 1. The lowest BCUT2D eigenvalue weighted by Crippen LogP contribution is -2.23. The van der Waals surface area contributed by atoms with E-state index in [4.69, 9.17) is 0 Å². The van der Waals surface area contributed by atoms with Crippen LogP contribution in [0.15, 0.2) is 59.3 Å². The lowest BCUT2D eigenvalue weighted by Gasteiger charge is -2.18. The number of aromatic nitrogens is 3. The van der Waals surface area contributed by atoms with Crippen molar-refractivity contribution in [3.8, 4) is 0 Å². The highest BCUT2D eigenvalue weighted by atomic mass is 79.9. The Hall–Kier alpha value is -2.47. The molecule has 2 aromatic heterocycles. The van der Waals surface area contributed by atoms with Gasteiger partial charge in [-0.1, -0.05) is 12.1 Å². The summed E-state index contributed by atoms with van der Waals surface area (Å²) >= 11 is 3.55. The second-order valence-corrected chi connectivity index (χ2v) is 6.68. The highest BCUT2D eigenvalue weighted by Crippen LogP contribution is 2.25. The second-order valence-electron chi connectivity index (χ2n) is 5.83. The van der Waals surface area contributed by atoms with E-state index in [0.717, 1.165) is 34.6 Å². The molecule has 2 heterocycles. The minimum atomic E-state index is 0.712. The van der Waals surface area contributed by atoms with Crippen LogP contribution in [0.25, 0.3) is 0 Å². The monoisotopic (exact) mass is 397 g/mol. The Balaban J connectivity index is 1.73. The van der Waals surface area contributed by atoms with Gasteiger partial charge in [0.15, 0.2) is 0 Å². The van der Waals surface area contributed by atoms with Crippen molar-refractivity contribution >= 4 is 33.4 Å². The minimum absolute atomic E-state index is 0.712. The Kier molecular flexibility index (Phi) is 5.60. The Morgan fingerprint density at radius 1 is 1.08 bits per heavy atom. The van der Waals surface area contributed by atoms with Crippen LogP contribution in [0.4, 0.5) is 17.5 Å². The second kappa shape index (κ2) is 8.07. The average Bonchev–Trinajstić information content (AvgIpc) is 2.62. The van der Waals surface area contributed by atoms with Crippen LogP contribution in [0.3, 0.4) is 0 Å². The number of para-hydroxylation sites is 1. The zero-order valence-electron chi connectivity index (χ0n) is 14.3. The van der Waals surface area contributed by atoms with Crippen LogP contribution in [0, 0.1) is 6.92 Å².